The first-order chi connectivity index (χ1) is 14.7. The molecule has 0 aliphatic carbocycles. The van der Waals surface area contributed by atoms with Crippen molar-refractivity contribution in [3.8, 4) is 0 Å². The number of furan rings is 1. The summed E-state index contributed by atoms with van der Waals surface area (Å²) in [6.07, 6.45) is 0. The van der Waals surface area contributed by atoms with Crippen LogP contribution in [0.5, 0.6) is 0 Å². The maximum Gasteiger partial charge on any atom is 0.341 e. The Kier molecular flexibility index (Phi) is 6.40. The Morgan fingerprint density at radius 2 is 1.77 bits per heavy atom. The van der Waals surface area contributed by atoms with Gasteiger partial charge >= 0.3 is 11.9 Å². The minimum absolute atomic E-state index is 0.00143. The molecule has 0 amide bonds. The molecule has 8 nitrogen and oxygen atoms in total. The van der Waals surface area contributed by atoms with Crippen molar-refractivity contribution in [2.75, 3.05) is 11.8 Å². The molecule has 1 aromatic heterocycles. The predicted molar refractivity (Wildman–Crippen MR) is 108 cm³/mol. The summed E-state index contributed by atoms with van der Waals surface area (Å²) in [7, 11) is -2.78. The van der Waals surface area contributed by atoms with E-state index in [-0.39, 0.29) is 34.1 Å². The SMILES string of the molecule is COC(=O)c1cc(COC(=O)c2cccc(S(=O)(=O)Nc3ccc(F)cc3)c2)oc1C. The molecule has 162 valence electrons. The second-order valence-electron chi connectivity index (χ2n) is 6.39. The largest absolute Gasteiger partial charge is 0.465 e. The topological polar surface area (TPSA) is 112 Å². The molecule has 0 atom stereocenters. The molecule has 3 rings (SSSR count). The molecule has 0 radical (unpaired) electrons. The molecular formula is C21H18FNO7S. The standard InChI is InChI=1S/C21H18FNO7S/c1-13-19(21(25)28-2)11-17(30-13)12-29-20(24)14-4-3-5-18(10-14)31(26,27)23-16-8-6-15(22)7-9-16/h3-11,23H,12H2,1-2H3. The van der Waals surface area contributed by atoms with Crippen LogP contribution < -0.4 is 4.72 Å². The van der Waals surface area contributed by atoms with E-state index in [1.54, 1.807) is 6.92 Å². The fourth-order valence-electron chi connectivity index (χ4n) is 2.67. The Labute approximate surface area is 177 Å². The van der Waals surface area contributed by atoms with Gasteiger partial charge in [0.2, 0.25) is 0 Å². The zero-order chi connectivity index (χ0) is 22.6. The Bertz CT molecular complexity index is 1220. The average Bonchev–Trinajstić information content (AvgIpc) is 3.13. The second-order valence-corrected chi connectivity index (χ2v) is 8.07. The van der Waals surface area contributed by atoms with Gasteiger partial charge in [-0.05, 0) is 55.5 Å². The predicted octanol–water partition coefficient (Wildman–Crippen LogP) is 3.67. The van der Waals surface area contributed by atoms with Crippen LogP contribution in [0.2, 0.25) is 0 Å². The van der Waals surface area contributed by atoms with Crippen LogP contribution in [0.25, 0.3) is 0 Å². The number of halogens is 1. The fourth-order valence-corrected chi connectivity index (χ4v) is 3.77. The van der Waals surface area contributed by atoms with Crippen LogP contribution >= 0.6 is 0 Å². The van der Waals surface area contributed by atoms with Crippen LogP contribution in [0.3, 0.4) is 0 Å². The number of esters is 2. The number of sulfonamides is 1. The van der Waals surface area contributed by atoms with Gasteiger partial charge in [-0.3, -0.25) is 4.72 Å². The highest BCUT2D eigenvalue weighted by Crippen LogP contribution is 2.20. The highest BCUT2D eigenvalue weighted by atomic mass is 32.2. The molecule has 31 heavy (non-hydrogen) atoms. The molecule has 0 bridgehead atoms. The molecule has 1 N–H and O–H groups in total. The number of nitrogens with one attached hydrogen (secondary N) is 1. The Balaban J connectivity index is 1.71. The number of carbonyl (C=O) groups excluding carboxylic acids is 2. The summed E-state index contributed by atoms with van der Waals surface area (Å²) < 4.78 is 55.6. The van der Waals surface area contributed by atoms with Gasteiger partial charge in [0.05, 0.1) is 17.6 Å². The summed E-state index contributed by atoms with van der Waals surface area (Å²) in [4.78, 5) is 23.8. The average molecular weight is 447 g/mol. The number of carbonyl (C=O) groups is 2. The van der Waals surface area contributed by atoms with E-state index in [1.807, 2.05) is 0 Å². The number of aryl methyl sites for hydroxylation is 1. The summed E-state index contributed by atoms with van der Waals surface area (Å²) in [5.41, 5.74) is 0.385. The zero-order valence-corrected chi connectivity index (χ0v) is 17.4. The number of benzene rings is 2. The summed E-state index contributed by atoms with van der Waals surface area (Å²) in [5, 5.41) is 0. The lowest BCUT2D eigenvalue weighted by molar-refractivity contribution is 0.0443. The molecule has 0 aliphatic rings. The molecule has 3 aromatic rings. The van der Waals surface area contributed by atoms with Crippen molar-refractivity contribution in [3.05, 3.63) is 83.1 Å². The third-order valence-corrected chi connectivity index (χ3v) is 5.58. The first-order valence-corrected chi connectivity index (χ1v) is 10.4. The zero-order valence-electron chi connectivity index (χ0n) is 16.5. The van der Waals surface area contributed by atoms with Crippen molar-refractivity contribution in [3.63, 3.8) is 0 Å². The number of rotatable bonds is 7. The molecule has 0 aliphatic heterocycles. The number of ether oxygens (including phenoxy) is 2. The van der Waals surface area contributed by atoms with Gasteiger partial charge < -0.3 is 13.9 Å². The monoisotopic (exact) mass is 447 g/mol. The van der Waals surface area contributed by atoms with Gasteiger partial charge in [0, 0.05) is 5.69 Å². The van der Waals surface area contributed by atoms with Gasteiger partial charge in [0.25, 0.3) is 10.0 Å². The first-order valence-electron chi connectivity index (χ1n) is 8.93. The molecule has 0 fully saturated rings. The maximum absolute atomic E-state index is 13.0. The summed E-state index contributed by atoms with van der Waals surface area (Å²) in [5.74, 6) is -1.32. The molecule has 0 spiro atoms. The van der Waals surface area contributed by atoms with Crippen molar-refractivity contribution in [1.29, 1.82) is 0 Å². The second kappa shape index (κ2) is 9.00. The van der Waals surface area contributed by atoms with E-state index in [1.165, 1.54) is 43.5 Å². The van der Waals surface area contributed by atoms with Gasteiger partial charge in [-0.2, -0.15) is 0 Å². The van der Waals surface area contributed by atoms with Crippen molar-refractivity contribution in [1.82, 2.24) is 0 Å². The Hall–Kier alpha value is -3.66. The number of hydrogen-bond donors (Lipinski definition) is 1. The molecule has 0 saturated carbocycles. The lowest BCUT2D eigenvalue weighted by Crippen LogP contribution is -2.14. The van der Waals surface area contributed by atoms with E-state index in [2.05, 4.69) is 9.46 Å². The van der Waals surface area contributed by atoms with Crippen LogP contribution in [-0.4, -0.2) is 27.5 Å². The van der Waals surface area contributed by atoms with Gasteiger partial charge in [-0.1, -0.05) is 6.07 Å². The van der Waals surface area contributed by atoms with Crippen LogP contribution in [0.4, 0.5) is 10.1 Å². The molecule has 2 aromatic carbocycles. The minimum Gasteiger partial charge on any atom is -0.465 e. The molecule has 10 heteroatoms. The van der Waals surface area contributed by atoms with E-state index in [0.717, 1.165) is 18.2 Å². The summed E-state index contributed by atoms with van der Waals surface area (Å²) in [6.45, 7) is 1.31. The number of methoxy groups -OCH3 is 1. The van der Waals surface area contributed by atoms with Crippen LogP contribution in [-0.2, 0) is 26.1 Å². The number of anilines is 1. The van der Waals surface area contributed by atoms with Gasteiger partial charge in [0.1, 0.15) is 29.5 Å². The highest BCUT2D eigenvalue weighted by Gasteiger charge is 2.19. The van der Waals surface area contributed by atoms with E-state index in [0.29, 0.717) is 5.76 Å². The third kappa shape index (κ3) is 5.28. The van der Waals surface area contributed by atoms with Gasteiger partial charge in [0.15, 0.2) is 0 Å². The lowest BCUT2D eigenvalue weighted by atomic mass is 10.2. The van der Waals surface area contributed by atoms with E-state index in [9.17, 15) is 22.4 Å². The molecule has 0 saturated heterocycles. The Morgan fingerprint density at radius 1 is 1.06 bits per heavy atom. The maximum atomic E-state index is 13.0. The van der Waals surface area contributed by atoms with Gasteiger partial charge in [-0.15, -0.1) is 0 Å². The normalized spacial score (nSPS) is 11.1. The Morgan fingerprint density at radius 3 is 2.45 bits per heavy atom. The van der Waals surface area contributed by atoms with Gasteiger partial charge in [-0.25, -0.2) is 22.4 Å². The smallest absolute Gasteiger partial charge is 0.341 e. The van der Waals surface area contributed by atoms with Crippen molar-refractivity contribution in [2.24, 2.45) is 0 Å². The first kappa shape index (κ1) is 22.0. The molecular weight excluding hydrogens is 429 g/mol. The summed E-state index contributed by atoms with van der Waals surface area (Å²) in [6, 6.07) is 11.4. The van der Waals surface area contributed by atoms with Crippen LogP contribution in [0.15, 0.2) is 63.9 Å². The lowest BCUT2D eigenvalue weighted by Gasteiger charge is -2.09. The quantitative estimate of drug-likeness (QED) is 0.550. The van der Waals surface area contributed by atoms with Crippen LogP contribution in [0.1, 0.15) is 32.2 Å². The number of hydrogen-bond acceptors (Lipinski definition) is 7. The van der Waals surface area contributed by atoms with E-state index >= 15 is 0 Å². The van der Waals surface area contributed by atoms with E-state index in [4.69, 9.17) is 9.15 Å². The third-order valence-electron chi connectivity index (χ3n) is 4.20. The van der Waals surface area contributed by atoms with E-state index < -0.39 is 27.8 Å². The fraction of sp³-hybridized carbons (Fsp3) is 0.143. The van der Waals surface area contributed by atoms with Crippen molar-refractivity contribution < 1.29 is 36.3 Å². The molecule has 0 unspecified atom stereocenters. The molecule has 1 heterocycles. The summed E-state index contributed by atoms with van der Waals surface area (Å²) >= 11 is 0. The van der Waals surface area contributed by atoms with Crippen molar-refractivity contribution in [2.45, 2.75) is 18.4 Å². The van der Waals surface area contributed by atoms with Crippen molar-refractivity contribution >= 4 is 27.6 Å². The minimum atomic E-state index is -4.01. The van der Waals surface area contributed by atoms with Crippen LogP contribution in [0, 0.1) is 12.7 Å². The highest BCUT2D eigenvalue weighted by molar-refractivity contribution is 7.92.